The van der Waals surface area contributed by atoms with Crippen LogP contribution in [-0.4, -0.2) is 14.5 Å². The Morgan fingerprint density at radius 3 is 2.16 bits per heavy atom. The van der Waals surface area contributed by atoms with E-state index in [0.717, 1.165) is 44.3 Å². The summed E-state index contributed by atoms with van der Waals surface area (Å²) in [5.41, 5.74) is 13.4. The fraction of sp³-hybridized carbons (Fsp3) is 0.0870. The summed E-state index contributed by atoms with van der Waals surface area (Å²) in [6.07, 6.45) is 6.26. The van der Waals surface area contributed by atoms with E-state index in [4.69, 9.17) is 9.97 Å². The van der Waals surface area contributed by atoms with Gasteiger partial charge in [-0.15, -0.1) is 0 Å². The molecule has 0 N–H and O–H groups in total. The van der Waals surface area contributed by atoms with E-state index >= 15 is 0 Å². The van der Waals surface area contributed by atoms with Crippen molar-refractivity contribution in [3.05, 3.63) is 162 Å². The van der Waals surface area contributed by atoms with Crippen LogP contribution >= 0.6 is 0 Å². The van der Waals surface area contributed by atoms with Crippen molar-refractivity contribution in [3.63, 3.8) is 0 Å². The molecule has 1 aliphatic carbocycles. The zero-order valence-corrected chi connectivity index (χ0v) is 27.9. The summed E-state index contributed by atoms with van der Waals surface area (Å²) in [5, 5.41) is 4.70. The number of hydrogen-bond acceptors (Lipinski definition) is 2. The first-order valence-electron chi connectivity index (χ1n) is 16.9. The fourth-order valence-electron chi connectivity index (χ4n) is 8.02. The predicted octanol–water partition coefficient (Wildman–Crippen LogP) is 12.0. The van der Waals surface area contributed by atoms with Crippen molar-refractivity contribution in [3.8, 4) is 39.5 Å². The van der Waals surface area contributed by atoms with Crippen molar-refractivity contribution >= 4 is 44.7 Å². The summed E-state index contributed by atoms with van der Waals surface area (Å²) < 4.78 is 2.26. The average Bonchev–Trinajstić information content (AvgIpc) is 3.46. The minimum absolute atomic E-state index is 0.153. The smallest absolute Gasteiger partial charge is 0.235 e. The van der Waals surface area contributed by atoms with Gasteiger partial charge in [0, 0.05) is 32.9 Å². The van der Waals surface area contributed by atoms with Crippen LogP contribution in [0.25, 0.3) is 84.2 Å². The van der Waals surface area contributed by atoms with E-state index in [9.17, 15) is 0 Å². The Labute approximate surface area is 286 Å². The molecule has 3 nitrogen and oxygen atoms in total. The molecule has 49 heavy (non-hydrogen) atoms. The van der Waals surface area contributed by atoms with Gasteiger partial charge in [-0.05, 0) is 63.7 Å². The van der Waals surface area contributed by atoms with Gasteiger partial charge in [-0.25, -0.2) is 9.97 Å². The van der Waals surface area contributed by atoms with Crippen LogP contribution in [0.3, 0.4) is 0 Å². The lowest BCUT2D eigenvalue weighted by Gasteiger charge is -2.35. The van der Waals surface area contributed by atoms with Gasteiger partial charge in [0.05, 0.1) is 22.4 Å². The van der Waals surface area contributed by atoms with Gasteiger partial charge >= 0.3 is 0 Å². The first-order chi connectivity index (χ1) is 24.0. The number of fused-ring (bicyclic) bond motifs is 5. The molecular formula is C46H35N3. The highest BCUT2D eigenvalue weighted by Crippen LogP contribution is 2.52. The zero-order valence-electron chi connectivity index (χ0n) is 27.9. The van der Waals surface area contributed by atoms with Crippen molar-refractivity contribution in [1.82, 2.24) is 14.5 Å². The van der Waals surface area contributed by atoms with Crippen LogP contribution in [0.1, 0.15) is 43.2 Å². The molecule has 3 heteroatoms. The highest BCUT2D eigenvalue weighted by atomic mass is 15.2. The van der Waals surface area contributed by atoms with Crippen molar-refractivity contribution in [1.29, 1.82) is 0 Å². The van der Waals surface area contributed by atoms with E-state index in [0.29, 0.717) is 5.95 Å². The summed E-state index contributed by atoms with van der Waals surface area (Å²) in [7, 11) is 0. The number of allylic oxidation sites excluding steroid dienone is 1. The van der Waals surface area contributed by atoms with Crippen LogP contribution in [0.4, 0.5) is 0 Å². The molecule has 0 amide bonds. The molecule has 0 saturated carbocycles. The Bertz CT molecular complexity index is 2640. The summed E-state index contributed by atoms with van der Waals surface area (Å²) in [6, 6.07) is 45.5. The van der Waals surface area contributed by atoms with Gasteiger partial charge in [0.1, 0.15) is 0 Å². The molecule has 2 heterocycles. The molecule has 8 aromatic rings. The Morgan fingerprint density at radius 1 is 0.673 bits per heavy atom. The third kappa shape index (κ3) is 4.29. The lowest BCUT2D eigenvalue weighted by atomic mass is 9.68. The van der Waals surface area contributed by atoms with Gasteiger partial charge in [0.2, 0.25) is 5.95 Å². The Morgan fingerprint density at radius 2 is 1.37 bits per heavy atom. The summed E-state index contributed by atoms with van der Waals surface area (Å²) >= 11 is 0. The van der Waals surface area contributed by atoms with Crippen molar-refractivity contribution in [2.75, 3.05) is 0 Å². The molecule has 0 radical (unpaired) electrons. The monoisotopic (exact) mass is 629 g/mol. The van der Waals surface area contributed by atoms with Crippen molar-refractivity contribution in [2.45, 2.75) is 26.2 Å². The molecule has 234 valence electrons. The maximum atomic E-state index is 5.44. The fourth-order valence-corrected chi connectivity index (χ4v) is 8.02. The van der Waals surface area contributed by atoms with Crippen LogP contribution in [-0.2, 0) is 5.41 Å². The summed E-state index contributed by atoms with van der Waals surface area (Å²) in [5.74, 6) is 0.631. The highest BCUT2D eigenvalue weighted by molar-refractivity contribution is 6.18. The van der Waals surface area contributed by atoms with Crippen LogP contribution in [0.2, 0.25) is 0 Å². The third-order valence-electron chi connectivity index (χ3n) is 10.3. The second-order valence-corrected chi connectivity index (χ2v) is 13.4. The number of aromatic nitrogens is 3. The van der Waals surface area contributed by atoms with Crippen LogP contribution in [0.5, 0.6) is 0 Å². The van der Waals surface area contributed by atoms with Crippen LogP contribution in [0.15, 0.2) is 140 Å². The van der Waals surface area contributed by atoms with E-state index in [1.807, 2.05) is 12.1 Å². The quantitative estimate of drug-likeness (QED) is 0.190. The molecule has 0 saturated heterocycles. The molecule has 0 spiro atoms. The molecule has 1 aliphatic rings. The van der Waals surface area contributed by atoms with Gasteiger partial charge in [0.25, 0.3) is 0 Å². The van der Waals surface area contributed by atoms with Gasteiger partial charge < -0.3 is 0 Å². The largest absolute Gasteiger partial charge is 0.277 e. The van der Waals surface area contributed by atoms with E-state index in [1.54, 1.807) is 0 Å². The predicted molar refractivity (Wildman–Crippen MR) is 207 cm³/mol. The summed E-state index contributed by atoms with van der Waals surface area (Å²) in [6.45, 7) is 11.1. The molecule has 0 fully saturated rings. The van der Waals surface area contributed by atoms with Gasteiger partial charge in [-0.1, -0.05) is 148 Å². The minimum Gasteiger partial charge on any atom is -0.277 e. The molecule has 0 unspecified atom stereocenters. The average molecular weight is 630 g/mol. The SMILES string of the molecule is C=Cc1c(/C=C\C)c2cc3cccc4c3c(c2n1-c1nc(-c2ccc(-c3ccccc3)cc2)c2ccccc2n1)-c1ccccc1C4(C)C. The number of benzene rings is 6. The van der Waals surface area contributed by atoms with E-state index in [1.165, 1.54) is 44.2 Å². The second-order valence-electron chi connectivity index (χ2n) is 13.4. The van der Waals surface area contributed by atoms with Crippen LogP contribution < -0.4 is 0 Å². The molecule has 0 bridgehead atoms. The molecule has 2 aromatic heterocycles. The molecule has 6 aromatic carbocycles. The summed E-state index contributed by atoms with van der Waals surface area (Å²) in [4.78, 5) is 10.7. The van der Waals surface area contributed by atoms with Gasteiger partial charge in [0.15, 0.2) is 0 Å². The van der Waals surface area contributed by atoms with E-state index in [-0.39, 0.29) is 5.41 Å². The minimum atomic E-state index is -0.153. The number of rotatable bonds is 5. The Hall–Kier alpha value is -6.06. The first kappa shape index (κ1) is 29.1. The van der Waals surface area contributed by atoms with Crippen molar-refractivity contribution in [2.24, 2.45) is 0 Å². The normalized spacial score (nSPS) is 13.4. The molecular weight excluding hydrogens is 595 g/mol. The van der Waals surface area contributed by atoms with E-state index in [2.05, 4.69) is 165 Å². The topological polar surface area (TPSA) is 30.7 Å². The standard InChI is InChI=1S/C46H35N3/c1-5-15-33-36-28-32-18-14-22-38-41(32)42(34-19-10-12-21-37(34)46(38,3)4)44(36)49(40(33)6-2)45-47-39-23-13-11-20-35(39)43(48-45)31-26-24-30(25-27-31)29-16-8-7-9-17-29/h5-28H,2H2,1,3-4H3/b15-5-. The number of nitrogens with zero attached hydrogens (tertiary/aromatic N) is 3. The van der Waals surface area contributed by atoms with Gasteiger partial charge in [-0.2, -0.15) is 0 Å². The van der Waals surface area contributed by atoms with Gasteiger partial charge in [-0.3, -0.25) is 4.57 Å². The second kappa shape index (κ2) is 11.0. The number of para-hydroxylation sites is 1. The van der Waals surface area contributed by atoms with Crippen LogP contribution in [0, 0.1) is 0 Å². The Balaban J connectivity index is 1.40. The third-order valence-corrected chi connectivity index (χ3v) is 10.3. The highest BCUT2D eigenvalue weighted by Gasteiger charge is 2.35. The lowest BCUT2D eigenvalue weighted by Crippen LogP contribution is -2.23. The maximum absolute atomic E-state index is 5.44. The Kier molecular flexibility index (Phi) is 6.53. The molecule has 0 atom stereocenters. The molecule has 0 aliphatic heterocycles. The maximum Gasteiger partial charge on any atom is 0.235 e. The zero-order chi connectivity index (χ0) is 33.3. The number of hydrogen-bond donors (Lipinski definition) is 0. The lowest BCUT2D eigenvalue weighted by molar-refractivity contribution is 0.645. The van der Waals surface area contributed by atoms with E-state index < -0.39 is 0 Å². The molecule has 9 rings (SSSR count). The first-order valence-corrected chi connectivity index (χ1v) is 16.9. The van der Waals surface area contributed by atoms with Crippen molar-refractivity contribution < 1.29 is 0 Å².